The van der Waals surface area contributed by atoms with Crippen LogP contribution < -0.4 is 5.32 Å². The number of hydrogen-bond acceptors (Lipinski definition) is 6. The number of amides is 2. The van der Waals surface area contributed by atoms with Gasteiger partial charge in [0.05, 0.1) is 18.9 Å². The first-order valence-corrected chi connectivity index (χ1v) is 5.88. The normalized spacial score (nSPS) is 14.9. The van der Waals surface area contributed by atoms with Crippen LogP contribution in [0.5, 0.6) is 0 Å². The van der Waals surface area contributed by atoms with Crippen molar-refractivity contribution in [3.8, 4) is 0 Å². The average molecular weight is 269 g/mol. The van der Waals surface area contributed by atoms with Gasteiger partial charge in [0.2, 0.25) is 5.91 Å². The number of carbonyl (C=O) groups excluding carboxylic acids is 2. The highest BCUT2D eigenvalue weighted by molar-refractivity contribution is 5.83. The lowest BCUT2D eigenvalue weighted by Crippen LogP contribution is -2.54. The van der Waals surface area contributed by atoms with Crippen molar-refractivity contribution in [2.45, 2.75) is 19.6 Å². The van der Waals surface area contributed by atoms with Crippen LogP contribution >= 0.6 is 0 Å². The third kappa shape index (κ3) is 3.41. The quantitative estimate of drug-likeness (QED) is 0.729. The summed E-state index contributed by atoms with van der Waals surface area (Å²) in [5.74, 6) is 0.0628. The molecule has 0 bridgehead atoms. The van der Waals surface area contributed by atoms with E-state index in [9.17, 15) is 9.59 Å². The number of nitrogens with zero attached hydrogens (tertiary/aromatic N) is 4. The summed E-state index contributed by atoms with van der Waals surface area (Å²) in [5, 5.41) is 18.9. The number of β-amino-alcohol motifs (C(OH)–C–C–N with tert-alkyl or cyclic N) is 1. The summed E-state index contributed by atoms with van der Waals surface area (Å²) >= 11 is 0. The topological polar surface area (TPSA) is 110 Å². The van der Waals surface area contributed by atoms with E-state index < -0.39 is 12.2 Å². The number of nitrogens with one attached hydrogen (secondary N) is 1. The maximum Gasteiger partial charge on any atom is 0.412 e. The number of aliphatic hydroxyl groups excluding tert-OH is 1. The molecule has 9 nitrogen and oxygen atoms in total. The SMILES string of the molecule is CCOC(=O)Nc1cn(CC(=O)N2CC(O)C2)nn1. The zero-order valence-corrected chi connectivity index (χ0v) is 10.4. The first-order chi connectivity index (χ1) is 9.08. The molecule has 0 radical (unpaired) electrons. The lowest BCUT2D eigenvalue weighted by atomic mass is 10.2. The van der Waals surface area contributed by atoms with Gasteiger partial charge in [-0.3, -0.25) is 10.1 Å². The largest absolute Gasteiger partial charge is 0.450 e. The lowest BCUT2D eigenvalue weighted by molar-refractivity contribution is -0.142. The molecule has 0 spiro atoms. The Balaban J connectivity index is 1.83. The van der Waals surface area contributed by atoms with Gasteiger partial charge in [0.25, 0.3) is 0 Å². The van der Waals surface area contributed by atoms with Gasteiger partial charge in [0.15, 0.2) is 5.82 Å². The molecule has 19 heavy (non-hydrogen) atoms. The van der Waals surface area contributed by atoms with E-state index in [-0.39, 0.29) is 24.9 Å². The molecule has 0 aromatic carbocycles. The summed E-state index contributed by atoms with van der Waals surface area (Å²) in [5.41, 5.74) is 0. The molecular weight excluding hydrogens is 254 g/mol. The van der Waals surface area contributed by atoms with Crippen LogP contribution in [0, 0.1) is 0 Å². The zero-order chi connectivity index (χ0) is 13.8. The van der Waals surface area contributed by atoms with Gasteiger partial charge in [-0.05, 0) is 6.92 Å². The monoisotopic (exact) mass is 269 g/mol. The van der Waals surface area contributed by atoms with Gasteiger partial charge in [-0.1, -0.05) is 5.21 Å². The van der Waals surface area contributed by atoms with Crippen LogP contribution in [0.25, 0.3) is 0 Å². The Kier molecular flexibility index (Phi) is 3.95. The first-order valence-electron chi connectivity index (χ1n) is 5.88. The molecule has 1 aliphatic rings. The number of hydrogen-bond donors (Lipinski definition) is 2. The number of aliphatic hydroxyl groups is 1. The van der Waals surface area contributed by atoms with Gasteiger partial charge < -0.3 is 14.7 Å². The Morgan fingerprint density at radius 3 is 2.95 bits per heavy atom. The highest BCUT2D eigenvalue weighted by atomic mass is 16.5. The molecule has 1 aromatic heterocycles. The number of carbonyl (C=O) groups is 2. The van der Waals surface area contributed by atoms with E-state index in [1.165, 1.54) is 15.8 Å². The van der Waals surface area contributed by atoms with Crippen molar-refractivity contribution >= 4 is 17.8 Å². The van der Waals surface area contributed by atoms with E-state index in [1.54, 1.807) is 6.92 Å². The van der Waals surface area contributed by atoms with Crippen LogP contribution in [0.2, 0.25) is 0 Å². The van der Waals surface area contributed by atoms with Gasteiger partial charge in [0, 0.05) is 13.1 Å². The molecule has 1 aliphatic heterocycles. The predicted octanol–water partition coefficient (Wildman–Crippen LogP) is -0.950. The third-order valence-corrected chi connectivity index (χ3v) is 2.56. The van der Waals surface area contributed by atoms with Crippen LogP contribution in [0.4, 0.5) is 10.6 Å². The van der Waals surface area contributed by atoms with Gasteiger partial charge >= 0.3 is 6.09 Å². The number of ether oxygens (including phenoxy) is 1. The van der Waals surface area contributed by atoms with Crippen LogP contribution in [-0.4, -0.2) is 62.8 Å². The molecule has 1 fully saturated rings. The smallest absolute Gasteiger partial charge is 0.412 e. The van der Waals surface area contributed by atoms with E-state index in [4.69, 9.17) is 5.11 Å². The number of aromatic nitrogens is 3. The van der Waals surface area contributed by atoms with E-state index in [2.05, 4.69) is 20.4 Å². The second kappa shape index (κ2) is 5.65. The Hall–Kier alpha value is -2.16. The van der Waals surface area contributed by atoms with Crippen molar-refractivity contribution in [1.29, 1.82) is 0 Å². The molecule has 2 amide bonds. The standard InChI is InChI=1S/C10H15N5O4/c1-2-19-10(18)11-8-5-15(13-12-8)6-9(17)14-3-7(16)4-14/h5,7,16H,2-4,6H2,1H3,(H,11,18). The molecule has 2 rings (SSSR count). The summed E-state index contributed by atoms with van der Waals surface area (Å²) in [6.45, 7) is 2.67. The minimum absolute atomic E-state index is 0.0181. The van der Waals surface area contributed by atoms with E-state index >= 15 is 0 Å². The fourth-order valence-corrected chi connectivity index (χ4v) is 1.60. The Morgan fingerprint density at radius 2 is 2.32 bits per heavy atom. The van der Waals surface area contributed by atoms with Crippen molar-refractivity contribution in [3.05, 3.63) is 6.20 Å². The molecule has 0 saturated carbocycles. The minimum atomic E-state index is -0.619. The fourth-order valence-electron chi connectivity index (χ4n) is 1.60. The lowest BCUT2D eigenvalue weighted by Gasteiger charge is -2.35. The predicted molar refractivity (Wildman–Crippen MR) is 63.3 cm³/mol. The Morgan fingerprint density at radius 1 is 1.58 bits per heavy atom. The molecule has 1 saturated heterocycles. The average Bonchev–Trinajstić information content (AvgIpc) is 2.72. The summed E-state index contributed by atoms with van der Waals surface area (Å²) in [4.78, 5) is 24.3. The minimum Gasteiger partial charge on any atom is -0.450 e. The number of likely N-dealkylation sites (tertiary alicyclic amines) is 1. The van der Waals surface area contributed by atoms with Crippen molar-refractivity contribution in [2.75, 3.05) is 25.0 Å². The molecule has 0 aliphatic carbocycles. The van der Waals surface area contributed by atoms with Crippen molar-refractivity contribution in [3.63, 3.8) is 0 Å². The molecule has 9 heteroatoms. The van der Waals surface area contributed by atoms with Crippen molar-refractivity contribution < 1.29 is 19.4 Å². The summed E-state index contributed by atoms with van der Waals surface area (Å²) in [7, 11) is 0. The van der Waals surface area contributed by atoms with E-state index in [0.717, 1.165) is 0 Å². The second-order valence-electron chi connectivity index (χ2n) is 4.10. The molecule has 0 atom stereocenters. The fraction of sp³-hybridized carbons (Fsp3) is 0.600. The van der Waals surface area contributed by atoms with Gasteiger partial charge in [-0.15, -0.1) is 5.10 Å². The molecular formula is C10H15N5O4. The maximum absolute atomic E-state index is 11.7. The van der Waals surface area contributed by atoms with Crippen LogP contribution in [0.15, 0.2) is 6.20 Å². The number of rotatable bonds is 4. The first kappa shape index (κ1) is 13.3. The van der Waals surface area contributed by atoms with E-state index in [0.29, 0.717) is 13.1 Å². The van der Waals surface area contributed by atoms with E-state index in [1.807, 2.05) is 0 Å². The molecule has 0 unspecified atom stereocenters. The van der Waals surface area contributed by atoms with Crippen LogP contribution in [0.1, 0.15) is 6.92 Å². The maximum atomic E-state index is 11.7. The van der Waals surface area contributed by atoms with Crippen molar-refractivity contribution in [2.24, 2.45) is 0 Å². The Labute approximate surface area is 109 Å². The highest BCUT2D eigenvalue weighted by Crippen LogP contribution is 2.08. The van der Waals surface area contributed by atoms with Gasteiger partial charge in [-0.2, -0.15) is 0 Å². The summed E-state index contributed by atoms with van der Waals surface area (Å²) in [6, 6.07) is 0. The molecule has 104 valence electrons. The zero-order valence-electron chi connectivity index (χ0n) is 10.4. The highest BCUT2D eigenvalue weighted by Gasteiger charge is 2.28. The van der Waals surface area contributed by atoms with Gasteiger partial charge in [-0.25, -0.2) is 9.48 Å². The van der Waals surface area contributed by atoms with Crippen LogP contribution in [0.3, 0.4) is 0 Å². The molecule has 2 heterocycles. The summed E-state index contributed by atoms with van der Waals surface area (Å²) < 4.78 is 6.00. The van der Waals surface area contributed by atoms with Gasteiger partial charge in [0.1, 0.15) is 6.54 Å². The summed E-state index contributed by atoms with van der Waals surface area (Å²) in [6.07, 6.45) is 0.387. The second-order valence-corrected chi connectivity index (χ2v) is 4.10. The van der Waals surface area contributed by atoms with Crippen molar-refractivity contribution in [1.82, 2.24) is 19.9 Å². The molecule has 1 aromatic rings. The van der Waals surface area contributed by atoms with Crippen LogP contribution in [-0.2, 0) is 16.1 Å². The molecule has 2 N–H and O–H groups in total. The third-order valence-electron chi connectivity index (χ3n) is 2.56. The Bertz CT molecular complexity index is 468. The number of anilines is 1.